The molecule has 0 fully saturated rings. The predicted molar refractivity (Wildman–Crippen MR) is 123 cm³/mol. The number of rotatable bonds is 6. The first-order valence-electron chi connectivity index (χ1n) is 10.2. The van der Waals surface area contributed by atoms with Gasteiger partial charge in [-0.25, -0.2) is 8.78 Å². The van der Waals surface area contributed by atoms with E-state index in [1.54, 1.807) is 25.1 Å². The van der Waals surface area contributed by atoms with Crippen molar-refractivity contribution in [2.24, 2.45) is 0 Å². The van der Waals surface area contributed by atoms with Gasteiger partial charge in [-0.15, -0.1) is 0 Å². The molecule has 0 aliphatic rings. The average molecular weight is 446 g/mol. The second-order valence-electron chi connectivity index (χ2n) is 7.43. The van der Waals surface area contributed by atoms with E-state index in [0.717, 1.165) is 28.5 Å². The molecule has 0 saturated heterocycles. The van der Waals surface area contributed by atoms with Gasteiger partial charge >= 0.3 is 0 Å². The van der Waals surface area contributed by atoms with E-state index in [9.17, 15) is 18.4 Å². The van der Waals surface area contributed by atoms with Crippen LogP contribution in [0.5, 0.6) is 11.5 Å². The second-order valence-corrected chi connectivity index (χ2v) is 7.43. The summed E-state index contributed by atoms with van der Waals surface area (Å²) in [6.07, 6.45) is 0. The third-order valence-electron chi connectivity index (χ3n) is 4.97. The number of aryl methyl sites for hydroxylation is 1. The van der Waals surface area contributed by atoms with E-state index in [2.05, 4.69) is 10.6 Å². The largest absolute Gasteiger partial charge is 0.452 e. The molecule has 0 bridgehead atoms. The summed E-state index contributed by atoms with van der Waals surface area (Å²) in [7, 11) is 0. The molecule has 4 aromatic carbocycles. The van der Waals surface area contributed by atoms with Crippen molar-refractivity contribution in [2.45, 2.75) is 6.92 Å². The number of carbonyl (C=O) groups excluding carboxylic acids is 2. The van der Waals surface area contributed by atoms with Gasteiger partial charge in [0.2, 0.25) is 5.91 Å². The Hall–Kier alpha value is -4.26. The van der Waals surface area contributed by atoms with E-state index in [1.807, 2.05) is 30.3 Å². The number of benzene rings is 4. The molecule has 0 aromatic heterocycles. The van der Waals surface area contributed by atoms with E-state index in [4.69, 9.17) is 4.74 Å². The lowest BCUT2D eigenvalue weighted by atomic mass is 10.0. The molecule has 0 unspecified atom stereocenters. The van der Waals surface area contributed by atoms with E-state index in [1.165, 1.54) is 18.2 Å². The van der Waals surface area contributed by atoms with Crippen LogP contribution in [0.15, 0.2) is 78.9 Å². The van der Waals surface area contributed by atoms with Crippen LogP contribution < -0.4 is 15.4 Å². The molecule has 7 heteroatoms. The topological polar surface area (TPSA) is 67.4 Å². The van der Waals surface area contributed by atoms with Gasteiger partial charge in [0.25, 0.3) is 5.91 Å². The number of nitrogens with one attached hydrogen (secondary N) is 2. The molecule has 0 saturated carbocycles. The van der Waals surface area contributed by atoms with Crippen LogP contribution in [0.25, 0.3) is 10.8 Å². The molecule has 0 heterocycles. The van der Waals surface area contributed by atoms with Gasteiger partial charge in [0.05, 0.1) is 12.2 Å². The molecule has 2 amide bonds. The van der Waals surface area contributed by atoms with Crippen molar-refractivity contribution in [3.05, 3.63) is 102 Å². The van der Waals surface area contributed by atoms with Crippen molar-refractivity contribution in [3.8, 4) is 11.5 Å². The predicted octanol–water partition coefficient (Wildman–Crippen LogP) is 5.59. The number of ether oxygens (including phenoxy) is 1. The highest BCUT2D eigenvalue weighted by molar-refractivity contribution is 6.08. The lowest BCUT2D eigenvalue weighted by Crippen LogP contribution is -2.33. The molecular weight excluding hydrogens is 426 g/mol. The van der Waals surface area contributed by atoms with Gasteiger partial charge in [-0.05, 0) is 53.6 Å². The Bertz CT molecular complexity index is 1350. The molecule has 0 aliphatic carbocycles. The maximum atomic E-state index is 14.1. The Morgan fingerprint density at radius 1 is 0.879 bits per heavy atom. The number of hydrogen-bond acceptors (Lipinski definition) is 3. The number of amides is 2. The van der Waals surface area contributed by atoms with Gasteiger partial charge in [0.15, 0.2) is 17.3 Å². The van der Waals surface area contributed by atoms with Crippen LogP contribution in [-0.2, 0) is 4.79 Å². The first-order chi connectivity index (χ1) is 15.9. The SMILES string of the molecule is Cc1ccc(F)c(Oc2cc(F)ccc2NC(=O)CNC(=O)c2cccc3ccccc23)c1. The number of fused-ring (bicyclic) bond motifs is 1. The zero-order valence-electron chi connectivity index (χ0n) is 17.7. The van der Waals surface area contributed by atoms with Crippen molar-refractivity contribution >= 4 is 28.3 Å². The summed E-state index contributed by atoms with van der Waals surface area (Å²) < 4.78 is 33.4. The first-order valence-corrected chi connectivity index (χ1v) is 10.2. The maximum Gasteiger partial charge on any atom is 0.252 e. The quantitative estimate of drug-likeness (QED) is 0.406. The lowest BCUT2D eigenvalue weighted by molar-refractivity contribution is -0.115. The molecule has 2 N–H and O–H groups in total. The summed E-state index contributed by atoms with van der Waals surface area (Å²) in [6.45, 7) is 1.44. The minimum absolute atomic E-state index is 0.0618. The number of anilines is 1. The fourth-order valence-electron chi connectivity index (χ4n) is 3.36. The normalized spacial score (nSPS) is 10.6. The van der Waals surface area contributed by atoms with Gasteiger partial charge in [-0.3, -0.25) is 9.59 Å². The van der Waals surface area contributed by atoms with Crippen molar-refractivity contribution in [3.63, 3.8) is 0 Å². The van der Waals surface area contributed by atoms with Crippen LogP contribution in [0.2, 0.25) is 0 Å². The smallest absolute Gasteiger partial charge is 0.252 e. The fraction of sp³-hybridized carbons (Fsp3) is 0.0769. The van der Waals surface area contributed by atoms with E-state index in [-0.39, 0.29) is 23.7 Å². The fourth-order valence-corrected chi connectivity index (χ4v) is 3.36. The Labute approximate surface area is 189 Å². The number of carbonyl (C=O) groups is 2. The summed E-state index contributed by atoms with van der Waals surface area (Å²) in [6, 6.07) is 20.6. The van der Waals surface area contributed by atoms with Crippen LogP contribution in [-0.4, -0.2) is 18.4 Å². The lowest BCUT2D eigenvalue weighted by Gasteiger charge is -2.14. The zero-order valence-corrected chi connectivity index (χ0v) is 17.7. The van der Waals surface area contributed by atoms with E-state index < -0.39 is 23.4 Å². The van der Waals surface area contributed by atoms with Crippen LogP contribution in [0.1, 0.15) is 15.9 Å². The highest BCUT2D eigenvalue weighted by Gasteiger charge is 2.15. The highest BCUT2D eigenvalue weighted by Crippen LogP contribution is 2.32. The molecular formula is C26H20F2N2O3. The van der Waals surface area contributed by atoms with Gasteiger partial charge in [0, 0.05) is 11.6 Å². The molecule has 4 aromatic rings. The molecule has 33 heavy (non-hydrogen) atoms. The van der Waals surface area contributed by atoms with Crippen molar-refractivity contribution < 1.29 is 23.1 Å². The van der Waals surface area contributed by atoms with Gasteiger partial charge in [-0.1, -0.05) is 42.5 Å². The van der Waals surface area contributed by atoms with Crippen molar-refractivity contribution in [2.75, 3.05) is 11.9 Å². The molecule has 0 atom stereocenters. The van der Waals surface area contributed by atoms with Gasteiger partial charge in [0.1, 0.15) is 5.82 Å². The van der Waals surface area contributed by atoms with Crippen LogP contribution in [0.4, 0.5) is 14.5 Å². The van der Waals surface area contributed by atoms with E-state index in [0.29, 0.717) is 5.56 Å². The molecule has 166 valence electrons. The minimum atomic E-state index is -0.621. The molecule has 5 nitrogen and oxygen atoms in total. The Morgan fingerprint density at radius 2 is 1.67 bits per heavy atom. The molecule has 4 rings (SSSR count). The van der Waals surface area contributed by atoms with Crippen LogP contribution in [0.3, 0.4) is 0 Å². The minimum Gasteiger partial charge on any atom is -0.452 e. The third-order valence-corrected chi connectivity index (χ3v) is 4.97. The second kappa shape index (κ2) is 9.48. The summed E-state index contributed by atoms with van der Waals surface area (Å²) in [5.41, 5.74) is 1.34. The highest BCUT2D eigenvalue weighted by atomic mass is 19.1. The molecule has 0 aliphatic heterocycles. The summed E-state index contributed by atoms with van der Waals surface area (Å²) >= 11 is 0. The Morgan fingerprint density at radius 3 is 2.52 bits per heavy atom. The first kappa shape index (κ1) is 22.0. The standard InChI is InChI=1S/C26H20F2N2O3/c1-16-9-11-21(28)23(13-16)33-24-14-18(27)10-12-22(24)30-25(31)15-29-26(32)20-8-4-6-17-5-2-3-7-19(17)20/h2-14H,15H2,1H3,(H,29,32)(H,30,31). The van der Waals surface area contributed by atoms with Crippen LogP contribution >= 0.6 is 0 Å². The monoisotopic (exact) mass is 446 g/mol. The number of hydrogen-bond donors (Lipinski definition) is 2. The van der Waals surface area contributed by atoms with Crippen LogP contribution in [0, 0.1) is 18.6 Å². The third kappa shape index (κ3) is 5.15. The van der Waals surface area contributed by atoms with Gasteiger partial charge in [-0.2, -0.15) is 0 Å². The van der Waals surface area contributed by atoms with Crippen molar-refractivity contribution in [1.82, 2.24) is 5.32 Å². The van der Waals surface area contributed by atoms with Gasteiger partial charge < -0.3 is 15.4 Å². The molecule has 0 spiro atoms. The average Bonchev–Trinajstić information content (AvgIpc) is 2.81. The van der Waals surface area contributed by atoms with Crippen molar-refractivity contribution in [1.29, 1.82) is 0 Å². The number of halogens is 2. The summed E-state index contributed by atoms with van der Waals surface area (Å²) in [4.78, 5) is 25.1. The Kier molecular flexibility index (Phi) is 6.31. The summed E-state index contributed by atoms with van der Waals surface area (Å²) in [5.74, 6) is -2.34. The Balaban J connectivity index is 1.46. The zero-order chi connectivity index (χ0) is 23.4. The van der Waals surface area contributed by atoms with E-state index >= 15 is 0 Å². The molecule has 0 radical (unpaired) electrons. The summed E-state index contributed by atoms with van der Waals surface area (Å²) in [5, 5.41) is 6.83. The maximum absolute atomic E-state index is 14.1.